The molecule has 0 aromatic carbocycles. The molecular formula is C8H10N2OS. The summed E-state index contributed by atoms with van der Waals surface area (Å²) in [6.45, 7) is 0.545. The van der Waals surface area contributed by atoms with Crippen LogP contribution < -0.4 is 5.32 Å². The lowest BCUT2D eigenvalue weighted by molar-refractivity contribution is -0.126. The summed E-state index contributed by atoms with van der Waals surface area (Å²) in [5.74, 6) is 1.31. The molecule has 2 saturated heterocycles. The van der Waals surface area contributed by atoms with Crippen LogP contribution >= 0.6 is 11.8 Å². The van der Waals surface area contributed by atoms with E-state index in [2.05, 4.69) is 11.4 Å². The van der Waals surface area contributed by atoms with Crippen molar-refractivity contribution in [1.82, 2.24) is 5.32 Å². The molecule has 3 nitrogen and oxygen atoms in total. The minimum Gasteiger partial charge on any atom is -0.354 e. The fourth-order valence-electron chi connectivity index (χ4n) is 1.87. The molecule has 0 saturated carbocycles. The van der Waals surface area contributed by atoms with Crippen molar-refractivity contribution < 1.29 is 4.79 Å². The molecular weight excluding hydrogens is 172 g/mol. The Balaban J connectivity index is 2.17. The molecule has 2 heterocycles. The van der Waals surface area contributed by atoms with Crippen molar-refractivity contribution in [1.29, 1.82) is 5.26 Å². The largest absolute Gasteiger partial charge is 0.354 e. The van der Waals surface area contributed by atoms with Crippen molar-refractivity contribution in [2.75, 3.05) is 12.3 Å². The highest BCUT2D eigenvalue weighted by Crippen LogP contribution is 2.38. The summed E-state index contributed by atoms with van der Waals surface area (Å²) >= 11 is 1.78. The normalized spacial score (nSPS) is 39.9. The van der Waals surface area contributed by atoms with E-state index < -0.39 is 0 Å². The number of rotatable bonds is 0. The van der Waals surface area contributed by atoms with Crippen LogP contribution in [0.2, 0.25) is 0 Å². The second-order valence-electron chi connectivity index (χ2n) is 3.21. The molecule has 0 aromatic heterocycles. The monoisotopic (exact) mass is 182 g/mol. The van der Waals surface area contributed by atoms with Crippen molar-refractivity contribution in [3.63, 3.8) is 0 Å². The second kappa shape index (κ2) is 2.98. The number of carbonyl (C=O) groups is 1. The van der Waals surface area contributed by atoms with Gasteiger partial charge in [0.2, 0.25) is 5.91 Å². The van der Waals surface area contributed by atoms with Crippen LogP contribution in [0.1, 0.15) is 6.42 Å². The van der Waals surface area contributed by atoms with E-state index in [1.807, 2.05) is 0 Å². The average molecular weight is 182 g/mol. The van der Waals surface area contributed by atoms with Gasteiger partial charge < -0.3 is 5.32 Å². The molecule has 2 aliphatic rings. The zero-order chi connectivity index (χ0) is 8.55. The number of carbonyl (C=O) groups excluding carboxylic acids is 1. The van der Waals surface area contributed by atoms with Gasteiger partial charge in [0.15, 0.2) is 0 Å². The molecule has 64 valence electrons. The fraction of sp³-hybridized carbons (Fsp3) is 0.750. The van der Waals surface area contributed by atoms with E-state index in [4.69, 9.17) is 5.26 Å². The highest BCUT2D eigenvalue weighted by Gasteiger charge is 2.42. The van der Waals surface area contributed by atoms with E-state index in [1.54, 1.807) is 11.8 Å². The van der Waals surface area contributed by atoms with E-state index >= 15 is 0 Å². The maximum Gasteiger partial charge on any atom is 0.224 e. The number of piperidine rings is 1. The number of hydrogen-bond acceptors (Lipinski definition) is 3. The number of fused-ring (bicyclic) bond motifs is 1. The zero-order valence-electron chi connectivity index (χ0n) is 6.62. The third-order valence-electron chi connectivity index (χ3n) is 2.53. The van der Waals surface area contributed by atoms with E-state index in [0.717, 1.165) is 12.2 Å². The number of nitriles is 1. The van der Waals surface area contributed by atoms with Crippen LogP contribution in [-0.2, 0) is 4.79 Å². The molecule has 2 rings (SSSR count). The predicted molar refractivity (Wildman–Crippen MR) is 46.5 cm³/mol. The molecule has 3 atom stereocenters. The Morgan fingerprint density at radius 3 is 3.25 bits per heavy atom. The molecule has 2 fully saturated rings. The molecule has 1 amide bonds. The topological polar surface area (TPSA) is 52.9 Å². The summed E-state index contributed by atoms with van der Waals surface area (Å²) in [4.78, 5) is 11.3. The summed E-state index contributed by atoms with van der Waals surface area (Å²) in [6.07, 6.45) is 0.944. The van der Waals surface area contributed by atoms with Crippen LogP contribution in [-0.4, -0.2) is 23.5 Å². The van der Waals surface area contributed by atoms with Gasteiger partial charge in [-0.3, -0.25) is 4.79 Å². The average Bonchev–Trinajstić information content (AvgIpc) is 2.54. The molecule has 4 heteroatoms. The van der Waals surface area contributed by atoms with Crippen molar-refractivity contribution in [3.05, 3.63) is 0 Å². The van der Waals surface area contributed by atoms with Gasteiger partial charge in [-0.1, -0.05) is 0 Å². The van der Waals surface area contributed by atoms with Crippen LogP contribution in [0.3, 0.4) is 0 Å². The van der Waals surface area contributed by atoms with Crippen LogP contribution in [0.25, 0.3) is 0 Å². The highest BCUT2D eigenvalue weighted by atomic mass is 32.2. The standard InChI is InChI=1S/C8H10N2OS/c9-3-5-4-10-8(11)6-1-2-12-7(5)6/h5-7H,1-2,4H2,(H,10,11). The number of amides is 1. The number of nitrogens with one attached hydrogen (secondary N) is 1. The van der Waals surface area contributed by atoms with Crippen molar-refractivity contribution in [2.45, 2.75) is 11.7 Å². The molecule has 3 unspecified atom stereocenters. The Hall–Kier alpha value is -0.690. The molecule has 0 bridgehead atoms. The lowest BCUT2D eigenvalue weighted by Gasteiger charge is -2.28. The van der Waals surface area contributed by atoms with Crippen molar-refractivity contribution in [2.24, 2.45) is 11.8 Å². The van der Waals surface area contributed by atoms with Crippen LogP contribution in [0.15, 0.2) is 0 Å². The van der Waals surface area contributed by atoms with Gasteiger partial charge in [0.05, 0.1) is 17.9 Å². The van der Waals surface area contributed by atoms with Gasteiger partial charge in [0.25, 0.3) is 0 Å². The third-order valence-corrected chi connectivity index (χ3v) is 4.04. The smallest absolute Gasteiger partial charge is 0.224 e. The first-order valence-corrected chi connectivity index (χ1v) is 5.16. The van der Waals surface area contributed by atoms with Crippen LogP contribution in [0, 0.1) is 23.2 Å². The van der Waals surface area contributed by atoms with Crippen molar-refractivity contribution >= 4 is 17.7 Å². The minimum absolute atomic E-state index is 0.0280. The van der Waals surface area contributed by atoms with Gasteiger partial charge in [0.1, 0.15) is 0 Å². The molecule has 2 aliphatic heterocycles. The van der Waals surface area contributed by atoms with Gasteiger partial charge >= 0.3 is 0 Å². The lowest BCUT2D eigenvalue weighted by Crippen LogP contribution is -2.47. The van der Waals surface area contributed by atoms with Gasteiger partial charge in [-0.2, -0.15) is 17.0 Å². The van der Waals surface area contributed by atoms with Gasteiger partial charge in [-0.05, 0) is 12.2 Å². The Bertz CT molecular complexity index is 248. The Morgan fingerprint density at radius 1 is 1.67 bits per heavy atom. The Morgan fingerprint density at radius 2 is 2.50 bits per heavy atom. The first-order chi connectivity index (χ1) is 5.83. The van der Waals surface area contributed by atoms with Crippen molar-refractivity contribution in [3.8, 4) is 6.07 Å². The summed E-state index contributed by atoms with van der Waals surface area (Å²) in [7, 11) is 0. The molecule has 1 N–H and O–H groups in total. The van der Waals surface area contributed by atoms with E-state index in [9.17, 15) is 4.79 Å². The number of thioether (sulfide) groups is 1. The summed E-state index contributed by atoms with van der Waals surface area (Å²) < 4.78 is 0. The first-order valence-electron chi connectivity index (χ1n) is 4.12. The van der Waals surface area contributed by atoms with Crippen LogP contribution in [0.4, 0.5) is 0 Å². The number of nitrogens with zero attached hydrogens (tertiary/aromatic N) is 1. The Labute approximate surface area is 75.5 Å². The second-order valence-corrected chi connectivity index (χ2v) is 4.50. The first kappa shape index (κ1) is 7.93. The zero-order valence-corrected chi connectivity index (χ0v) is 7.43. The van der Waals surface area contributed by atoms with E-state index in [-0.39, 0.29) is 23.0 Å². The molecule has 0 aliphatic carbocycles. The maximum atomic E-state index is 11.3. The highest BCUT2D eigenvalue weighted by molar-refractivity contribution is 8.00. The van der Waals surface area contributed by atoms with E-state index in [0.29, 0.717) is 6.54 Å². The summed E-state index contributed by atoms with van der Waals surface area (Å²) in [5.41, 5.74) is 0. The van der Waals surface area contributed by atoms with Gasteiger partial charge in [0, 0.05) is 11.8 Å². The molecule has 12 heavy (non-hydrogen) atoms. The SMILES string of the molecule is N#CC1CNC(=O)C2CCSC12. The van der Waals surface area contributed by atoms with Gasteiger partial charge in [-0.25, -0.2) is 0 Å². The third kappa shape index (κ3) is 1.09. The summed E-state index contributed by atoms with van der Waals surface area (Å²) in [6, 6.07) is 2.26. The predicted octanol–water partition coefficient (Wildman–Crippen LogP) is 0.378. The van der Waals surface area contributed by atoms with E-state index in [1.165, 1.54) is 0 Å². The molecule has 0 aromatic rings. The number of hydrogen-bond donors (Lipinski definition) is 1. The maximum absolute atomic E-state index is 11.3. The fourth-order valence-corrected chi connectivity index (χ4v) is 3.41. The van der Waals surface area contributed by atoms with Gasteiger partial charge in [-0.15, -0.1) is 0 Å². The quantitative estimate of drug-likeness (QED) is 0.589. The Kier molecular flexibility index (Phi) is 1.97. The molecule has 0 spiro atoms. The minimum atomic E-state index is 0.0280. The van der Waals surface area contributed by atoms with Crippen LogP contribution in [0.5, 0.6) is 0 Å². The summed E-state index contributed by atoms with van der Waals surface area (Å²) in [5, 5.41) is 11.9. The lowest BCUT2D eigenvalue weighted by atomic mass is 9.89. The molecule has 0 radical (unpaired) electrons.